The van der Waals surface area contributed by atoms with Gasteiger partial charge in [0.05, 0.1) is 29.3 Å². The van der Waals surface area contributed by atoms with Gasteiger partial charge in [-0.3, -0.25) is 4.98 Å². The van der Waals surface area contributed by atoms with E-state index >= 15 is 0 Å². The second kappa shape index (κ2) is 8.87. The van der Waals surface area contributed by atoms with Gasteiger partial charge in [-0.15, -0.1) is 5.10 Å². The molecule has 0 unspecified atom stereocenters. The highest BCUT2D eigenvalue weighted by Crippen LogP contribution is 2.37. The first-order chi connectivity index (χ1) is 16.7. The van der Waals surface area contributed by atoms with Crippen molar-refractivity contribution in [2.24, 2.45) is 0 Å². The molecular formula is C26H28N8. The van der Waals surface area contributed by atoms with E-state index in [9.17, 15) is 0 Å². The standard InChI is InChI=1S/C26H28N8/c1-18-6-7-20(15-28-18)23-14-22-17-30-26(32-34(22)25(23)19-4-2-3-5-19)31-24-9-8-21(16-29-24)33-12-10-27-11-13-33/h4,6-9,14-17,27H,2-3,5,10-13H2,1H3,(H,29,31,32). The van der Waals surface area contributed by atoms with Crippen LogP contribution in [0.15, 0.2) is 55.0 Å². The van der Waals surface area contributed by atoms with Crippen molar-refractivity contribution in [2.45, 2.75) is 26.2 Å². The second-order valence-corrected chi connectivity index (χ2v) is 8.90. The van der Waals surface area contributed by atoms with Gasteiger partial charge in [0, 0.05) is 49.2 Å². The number of hydrogen-bond acceptors (Lipinski definition) is 7. The number of allylic oxidation sites excluding steroid dienone is 2. The molecule has 1 fully saturated rings. The van der Waals surface area contributed by atoms with E-state index in [1.165, 1.54) is 12.0 Å². The van der Waals surface area contributed by atoms with Gasteiger partial charge in [0.1, 0.15) is 5.82 Å². The summed E-state index contributed by atoms with van der Waals surface area (Å²) in [7, 11) is 0. The van der Waals surface area contributed by atoms with Crippen LogP contribution in [0.25, 0.3) is 22.2 Å². The zero-order valence-corrected chi connectivity index (χ0v) is 19.3. The normalized spacial score (nSPS) is 16.1. The van der Waals surface area contributed by atoms with Gasteiger partial charge in [0.15, 0.2) is 0 Å². The van der Waals surface area contributed by atoms with Crippen LogP contribution in [0.5, 0.6) is 0 Å². The molecular weight excluding hydrogens is 424 g/mol. The fourth-order valence-corrected chi connectivity index (χ4v) is 4.75. The zero-order chi connectivity index (χ0) is 22.9. The van der Waals surface area contributed by atoms with Gasteiger partial charge in [-0.25, -0.2) is 14.5 Å². The summed E-state index contributed by atoms with van der Waals surface area (Å²) in [6, 6.07) is 10.4. The number of aryl methyl sites for hydroxylation is 1. The molecule has 34 heavy (non-hydrogen) atoms. The van der Waals surface area contributed by atoms with E-state index in [1.807, 2.05) is 36.1 Å². The fourth-order valence-electron chi connectivity index (χ4n) is 4.75. The van der Waals surface area contributed by atoms with Crippen LogP contribution in [0.4, 0.5) is 17.5 Å². The monoisotopic (exact) mass is 452 g/mol. The molecule has 0 amide bonds. The van der Waals surface area contributed by atoms with Crippen molar-refractivity contribution in [2.75, 3.05) is 36.4 Å². The third kappa shape index (κ3) is 4.01. The molecule has 5 heterocycles. The SMILES string of the molecule is Cc1ccc(-c2cc3cnc(Nc4ccc(N5CCNCC5)cn4)nn3c2C2=CCCC2)cn1. The molecule has 0 spiro atoms. The summed E-state index contributed by atoms with van der Waals surface area (Å²) in [6.07, 6.45) is 11.4. The maximum atomic E-state index is 4.87. The average molecular weight is 453 g/mol. The molecule has 6 rings (SSSR count). The first kappa shape index (κ1) is 20.8. The van der Waals surface area contributed by atoms with Crippen molar-refractivity contribution < 1.29 is 0 Å². The van der Waals surface area contributed by atoms with E-state index < -0.39 is 0 Å². The summed E-state index contributed by atoms with van der Waals surface area (Å²) in [4.78, 5) is 16.0. The van der Waals surface area contributed by atoms with E-state index in [-0.39, 0.29) is 0 Å². The Hall–Kier alpha value is -3.78. The molecule has 0 bridgehead atoms. The van der Waals surface area contributed by atoms with E-state index in [0.29, 0.717) is 5.95 Å². The van der Waals surface area contributed by atoms with Gasteiger partial charge in [-0.2, -0.15) is 0 Å². The Morgan fingerprint density at radius 1 is 0.971 bits per heavy atom. The van der Waals surface area contributed by atoms with Gasteiger partial charge in [0.25, 0.3) is 0 Å². The molecule has 8 heteroatoms. The Balaban J connectivity index is 1.33. The average Bonchev–Trinajstić information content (AvgIpc) is 3.53. The predicted molar refractivity (Wildman–Crippen MR) is 135 cm³/mol. The smallest absolute Gasteiger partial charge is 0.246 e. The molecule has 1 saturated heterocycles. The van der Waals surface area contributed by atoms with Crippen LogP contribution in [0, 0.1) is 6.92 Å². The highest BCUT2D eigenvalue weighted by atomic mass is 15.3. The Morgan fingerprint density at radius 2 is 1.88 bits per heavy atom. The van der Waals surface area contributed by atoms with Gasteiger partial charge >= 0.3 is 0 Å². The largest absolute Gasteiger partial charge is 0.368 e. The van der Waals surface area contributed by atoms with E-state index in [2.05, 4.69) is 60.8 Å². The van der Waals surface area contributed by atoms with Crippen molar-refractivity contribution in [1.82, 2.24) is 29.9 Å². The fraction of sp³-hybridized carbons (Fsp3) is 0.308. The molecule has 0 radical (unpaired) electrons. The Kier molecular flexibility index (Phi) is 5.43. The zero-order valence-electron chi connectivity index (χ0n) is 19.3. The number of nitrogens with one attached hydrogen (secondary N) is 2. The number of fused-ring (bicyclic) bond motifs is 1. The summed E-state index contributed by atoms with van der Waals surface area (Å²) in [5.74, 6) is 1.26. The topological polar surface area (TPSA) is 83.3 Å². The number of aromatic nitrogens is 5. The molecule has 0 aromatic carbocycles. The lowest BCUT2D eigenvalue weighted by atomic mass is 10.0. The molecule has 4 aromatic heterocycles. The van der Waals surface area contributed by atoms with Crippen molar-refractivity contribution >= 4 is 28.5 Å². The van der Waals surface area contributed by atoms with Crippen LogP contribution >= 0.6 is 0 Å². The molecule has 0 saturated carbocycles. The third-order valence-electron chi connectivity index (χ3n) is 6.55. The van der Waals surface area contributed by atoms with Gasteiger partial charge in [-0.1, -0.05) is 12.1 Å². The highest BCUT2D eigenvalue weighted by Gasteiger charge is 2.20. The summed E-state index contributed by atoms with van der Waals surface area (Å²) in [5, 5.41) is 11.5. The third-order valence-corrected chi connectivity index (χ3v) is 6.55. The highest BCUT2D eigenvalue weighted by molar-refractivity contribution is 5.84. The van der Waals surface area contributed by atoms with Crippen LogP contribution in [0.2, 0.25) is 0 Å². The maximum absolute atomic E-state index is 4.87. The lowest BCUT2D eigenvalue weighted by Gasteiger charge is -2.29. The van der Waals surface area contributed by atoms with Crippen molar-refractivity contribution in [3.63, 3.8) is 0 Å². The number of pyridine rings is 2. The summed E-state index contributed by atoms with van der Waals surface area (Å²) < 4.78 is 2.01. The lowest BCUT2D eigenvalue weighted by Crippen LogP contribution is -2.43. The van der Waals surface area contributed by atoms with Crippen LogP contribution in [0.3, 0.4) is 0 Å². The lowest BCUT2D eigenvalue weighted by molar-refractivity contribution is 0.589. The van der Waals surface area contributed by atoms with Crippen molar-refractivity contribution in [3.05, 3.63) is 66.4 Å². The number of nitrogens with zero attached hydrogens (tertiary/aromatic N) is 6. The molecule has 4 aromatic rings. The molecule has 8 nitrogen and oxygen atoms in total. The molecule has 172 valence electrons. The minimum atomic E-state index is 0.527. The predicted octanol–water partition coefficient (Wildman–Crippen LogP) is 4.22. The summed E-state index contributed by atoms with van der Waals surface area (Å²) in [6.45, 7) is 6.01. The van der Waals surface area contributed by atoms with Crippen LogP contribution in [0.1, 0.15) is 30.7 Å². The minimum absolute atomic E-state index is 0.527. The minimum Gasteiger partial charge on any atom is -0.368 e. The number of hydrogen-bond donors (Lipinski definition) is 2. The van der Waals surface area contributed by atoms with Crippen molar-refractivity contribution in [3.8, 4) is 11.1 Å². The van der Waals surface area contributed by atoms with Gasteiger partial charge in [0.2, 0.25) is 5.95 Å². The number of anilines is 3. The van der Waals surface area contributed by atoms with Crippen LogP contribution in [-0.2, 0) is 0 Å². The second-order valence-electron chi connectivity index (χ2n) is 8.90. The van der Waals surface area contributed by atoms with Crippen LogP contribution in [-0.4, -0.2) is 50.7 Å². The molecule has 0 atom stereocenters. The number of piperazine rings is 1. The van der Waals surface area contributed by atoms with E-state index in [0.717, 1.165) is 78.6 Å². The first-order valence-electron chi connectivity index (χ1n) is 11.9. The van der Waals surface area contributed by atoms with Gasteiger partial charge < -0.3 is 15.5 Å². The summed E-state index contributed by atoms with van der Waals surface area (Å²) >= 11 is 0. The van der Waals surface area contributed by atoms with Crippen LogP contribution < -0.4 is 15.5 Å². The van der Waals surface area contributed by atoms with E-state index in [1.54, 1.807) is 0 Å². The number of rotatable bonds is 5. The Morgan fingerprint density at radius 3 is 2.62 bits per heavy atom. The summed E-state index contributed by atoms with van der Waals surface area (Å²) in [5.41, 5.74) is 7.82. The molecule has 1 aliphatic heterocycles. The quantitative estimate of drug-likeness (QED) is 0.469. The van der Waals surface area contributed by atoms with Crippen molar-refractivity contribution in [1.29, 1.82) is 0 Å². The van der Waals surface area contributed by atoms with Gasteiger partial charge in [-0.05, 0) is 56.0 Å². The molecule has 2 N–H and O–H groups in total. The Labute approximate surface area is 198 Å². The molecule has 2 aliphatic rings. The van der Waals surface area contributed by atoms with E-state index in [4.69, 9.17) is 5.10 Å². The Bertz CT molecular complexity index is 1330. The first-order valence-corrected chi connectivity index (χ1v) is 11.9. The molecule has 1 aliphatic carbocycles. The maximum Gasteiger partial charge on any atom is 0.246 e.